The highest BCUT2D eigenvalue weighted by atomic mass is 35.5. The molecule has 11 aromatic rings. The number of fused-ring (bicyclic) bond motifs is 2. The zero-order valence-electron chi connectivity index (χ0n) is 61.4. The molecule has 0 atom stereocenters. The van der Waals surface area contributed by atoms with Crippen LogP contribution in [0.4, 0.5) is 25.9 Å². The number of carbonyl (C=O) groups is 5. The SMILES string of the molecule is CC(C)(C)OC(=O)NC1(c2ccc(-c3nc4c(=O)[nH]cnc4nc3-c3ccccc3)cc2)CCC1.CC(C)(C)OC(=O)NC1(c2ccc(-c3nc4nc[nH]c(=O)c4nc3-c3ccccc3)cc2)CCC1.CC(C)(C)OC(=O)NC1(c2ccc(C(=O)C(=O)c3ccccc3)cc2)CCC1.Cl.Nc1nc[nH]c(=O)c1N. The minimum atomic E-state index is -0.566. The number of hydrogen-bond donors (Lipinski definition) is 8. The molecule has 0 bridgehead atoms. The van der Waals surface area contributed by atoms with Crippen molar-refractivity contribution in [2.45, 2.75) is 154 Å². The quantitative estimate of drug-likeness (QED) is 0.0302. The van der Waals surface area contributed by atoms with E-state index in [1.165, 1.54) is 19.0 Å². The summed E-state index contributed by atoms with van der Waals surface area (Å²) in [4.78, 5) is 135. The molecule has 10 N–H and O–H groups in total. The first-order chi connectivity index (χ1) is 50.9. The lowest BCUT2D eigenvalue weighted by Crippen LogP contribution is -2.52. The summed E-state index contributed by atoms with van der Waals surface area (Å²) in [7, 11) is 0. The molecule has 5 heterocycles. The molecule has 3 aliphatic carbocycles. The molecule has 108 heavy (non-hydrogen) atoms. The number of nitrogen functional groups attached to an aromatic ring is 2. The molecule has 0 spiro atoms. The third-order valence-corrected chi connectivity index (χ3v) is 18.2. The number of aromatic amines is 3. The highest BCUT2D eigenvalue weighted by Gasteiger charge is 2.44. The Hall–Kier alpha value is -12.3. The number of rotatable bonds is 13. The van der Waals surface area contributed by atoms with Gasteiger partial charge in [-0.05, 0) is 137 Å². The van der Waals surface area contributed by atoms with Gasteiger partial charge in [-0.2, -0.15) is 0 Å². The molecule has 6 aromatic carbocycles. The first-order valence-corrected chi connectivity index (χ1v) is 35.1. The molecule has 0 saturated heterocycles. The number of aromatic nitrogens is 10. The van der Waals surface area contributed by atoms with Crippen LogP contribution < -0.4 is 44.1 Å². The van der Waals surface area contributed by atoms with E-state index in [1.54, 1.807) is 42.5 Å². The molecule has 0 radical (unpaired) electrons. The highest BCUT2D eigenvalue weighted by molar-refractivity contribution is 6.49. The van der Waals surface area contributed by atoms with E-state index in [-0.39, 0.29) is 51.7 Å². The Kier molecular flexibility index (Phi) is 23.6. The highest BCUT2D eigenvalue weighted by Crippen LogP contribution is 2.45. The fourth-order valence-corrected chi connectivity index (χ4v) is 12.4. The summed E-state index contributed by atoms with van der Waals surface area (Å²) in [5.41, 5.74) is 16.7. The minimum absolute atomic E-state index is 0. The third-order valence-electron chi connectivity index (χ3n) is 18.2. The summed E-state index contributed by atoms with van der Waals surface area (Å²) in [5, 5.41) is 9.17. The molecule has 3 amide bonds. The summed E-state index contributed by atoms with van der Waals surface area (Å²) in [5.74, 6) is -1.00. The van der Waals surface area contributed by atoms with E-state index in [9.17, 15) is 38.4 Å². The van der Waals surface area contributed by atoms with Gasteiger partial charge in [-0.3, -0.25) is 24.0 Å². The second-order valence-electron chi connectivity index (χ2n) is 29.4. The van der Waals surface area contributed by atoms with Gasteiger partial charge < -0.3 is 56.6 Å². The normalized spacial score (nSPS) is 14.3. The van der Waals surface area contributed by atoms with Crippen molar-refractivity contribution < 1.29 is 38.2 Å². The van der Waals surface area contributed by atoms with Crippen LogP contribution in [0, 0.1) is 0 Å². The van der Waals surface area contributed by atoms with Gasteiger partial charge in [-0.1, -0.05) is 164 Å². The van der Waals surface area contributed by atoms with E-state index in [1.807, 2.05) is 184 Å². The molecular formula is C81H86ClN15O11. The number of anilines is 2. The van der Waals surface area contributed by atoms with Crippen LogP contribution in [0.3, 0.4) is 0 Å². The van der Waals surface area contributed by atoms with E-state index < -0.39 is 68.8 Å². The van der Waals surface area contributed by atoms with Crippen molar-refractivity contribution in [1.82, 2.24) is 65.8 Å². The Balaban J connectivity index is 0.000000163. The number of amides is 3. The van der Waals surface area contributed by atoms with Crippen molar-refractivity contribution in [1.29, 1.82) is 0 Å². The molecule has 558 valence electrons. The standard InChI is InChI=1S/2C27H27N5O3.C23H25NO4.C4H6N4O.ClH/c1-26(2,3)35-25(34)32-27(14-7-15-27)19-12-10-18(11-13-19)20-21(17-8-5-4-6-9-17)31-23-22(30-20)24(33)29-16-28-23;1-26(2,3)35-25(34)32-27(14-7-15-27)19-12-10-18(11-13-19)21-20(17-8-5-4-6-9-17)30-22-23(31-21)28-16-29-24(22)33;1-22(2,3)28-21(27)24-23(14-7-15-23)18-12-10-17(11-13-18)20(26)19(25)16-8-5-4-6-9-16;5-2-3(6)7-1-8-4(2)9;/h2*4-6,8-13,16H,7,14-15H2,1-3H3,(H,32,34)(H,28,29,31,33);4-6,8-13H,7,14-15H2,1-3H3,(H,24,27);1H,5H2,(H3,6,7,8,9);1H. The lowest BCUT2D eigenvalue weighted by atomic mass is 9.71. The van der Waals surface area contributed by atoms with Crippen LogP contribution in [0.2, 0.25) is 0 Å². The number of alkyl carbamates (subject to hydrolysis) is 3. The smallest absolute Gasteiger partial charge is 0.408 e. The molecule has 0 unspecified atom stereocenters. The Labute approximate surface area is 628 Å². The van der Waals surface area contributed by atoms with E-state index in [2.05, 4.69) is 60.8 Å². The van der Waals surface area contributed by atoms with E-state index in [0.29, 0.717) is 39.5 Å². The summed E-state index contributed by atoms with van der Waals surface area (Å²) >= 11 is 0. The van der Waals surface area contributed by atoms with Crippen LogP contribution in [0.5, 0.6) is 0 Å². The number of carbonyl (C=O) groups excluding carboxylic acids is 5. The average molecular weight is 1480 g/mol. The van der Waals surface area contributed by atoms with Crippen molar-refractivity contribution in [3.8, 4) is 45.0 Å². The molecular weight excluding hydrogens is 1390 g/mol. The van der Waals surface area contributed by atoms with Crippen molar-refractivity contribution in [3.63, 3.8) is 0 Å². The molecule has 0 aliphatic heterocycles. The molecule has 3 fully saturated rings. The summed E-state index contributed by atoms with van der Waals surface area (Å²) in [6, 6.07) is 50.7. The Morgan fingerprint density at radius 1 is 0.380 bits per heavy atom. The molecule has 3 saturated carbocycles. The van der Waals surface area contributed by atoms with Crippen LogP contribution in [0.25, 0.3) is 67.4 Å². The summed E-state index contributed by atoms with van der Waals surface area (Å²) in [6.45, 7) is 16.6. The van der Waals surface area contributed by atoms with Crippen LogP contribution in [-0.2, 0) is 30.8 Å². The van der Waals surface area contributed by atoms with Crippen LogP contribution in [0.1, 0.15) is 158 Å². The van der Waals surface area contributed by atoms with Gasteiger partial charge in [-0.25, -0.2) is 49.3 Å². The zero-order chi connectivity index (χ0) is 76.5. The maximum absolute atomic E-state index is 12.5. The Bertz CT molecular complexity index is 5250. The summed E-state index contributed by atoms with van der Waals surface area (Å²) < 4.78 is 16.4. The monoisotopic (exact) mass is 1480 g/mol. The lowest BCUT2D eigenvalue weighted by Gasteiger charge is -2.43. The van der Waals surface area contributed by atoms with Crippen LogP contribution in [-0.4, -0.2) is 96.5 Å². The van der Waals surface area contributed by atoms with E-state index in [4.69, 9.17) is 30.7 Å². The number of nitrogens with zero attached hydrogens (tertiary/aromatic N) is 7. The Morgan fingerprint density at radius 2 is 0.667 bits per heavy atom. The molecule has 26 nitrogen and oxygen atoms in total. The number of ketones is 2. The van der Waals surface area contributed by atoms with Crippen LogP contribution >= 0.6 is 12.4 Å². The first-order valence-electron chi connectivity index (χ1n) is 35.1. The van der Waals surface area contributed by atoms with Gasteiger partial charge in [0.15, 0.2) is 28.1 Å². The molecule has 5 aromatic heterocycles. The van der Waals surface area contributed by atoms with E-state index in [0.717, 1.165) is 96.7 Å². The number of halogens is 1. The number of hydrogen-bond acceptors (Lipinski definition) is 20. The van der Waals surface area contributed by atoms with Gasteiger partial charge in [0.1, 0.15) is 22.5 Å². The lowest BCUT2D eigenvalue weighted by molar-refractivity contribution is 0.0365. The van der Waals surface area contributed by atoms with Gasteiger partial charge in [0.05, 0.1) is 58.4 Å². The molecule has 3 aliphatic rings. The van der Waals surface area contributed by atoms with Gasteiger partial charge in [0.25, 0.3) is 16.7 Å². The number of nitrogens with two attached hydrogens (primary N) is 2. The summed E-state index contributed by atoms with van der Waals surface area (Å²) in [6.07, 6.45) is 10.7. The number of nitrogens with one attached hydrogen (secondary N) is 6. The minimum Gasteiger partial charge on any atom is -0.444 e. The second kappa shape index (κ2) is 32.6. The fraction of sp³-hybridized carbons (Fsp3) is 0.296. The first kappa shape index (κ1) is 78.3. The third kappa shape index (κ3) is 18.7. The fourth-order valence-electron chi connectivity index (χ4n) is 12.4. The predicted molar refractivity (Wildman–Crippen MR) is 415 cm³/mol. The number of Topliss-reactive ketones (excluding diaryl/α,β-unsaturated/α-hetero) is 2. The molecule has 14 rings (SSSR count). The topological polar surface area (TPSA) is 390 Å². The Morgan fingerprint density at radius 3 is 0.972 bits per heavy atom. The van der Waals surface area contributed by atoms with Gasteiger partial charge in [0, 0.05) is 33.4 Å². The zero-order valence-corrected chi connectivity index (χ0v) is 62.2. The van der Waals surface area contributed by atoms with E-state index >= 15 is 0 Å². The average Bonchev–Trinajstić information content (AvgIpc) is 0.771. The van der Waals surface area contributed by atoms with Crippen molar-refractivity contribution >= 4 is 76.1 Å². The van der Waals surface area contributed by atoms with Crippen molar-refractivity contribution in [2.75, 3.05) is 11.5 Å². The van der Waals surface area contributed by atoms with Crippen LogP contribution in [0.15, 0.2) is 197 Å². The maximum Gasteiger partial charge on any atom is 0.408 e. The number of ether oxygens (including phenoxy) is 3. The second-order valence-corrected chi connectivity index (χ2v) is 29.4. The number of H-pyrrole nitrogens is 3. The largest absolute Gasteiger partial charge is 0.444 e. The predicted octanol–water partition coefficient (Wildman–Crippen LogP) is 13.9. The molecule has 27 heteroatoms. The van der Waals surface area contributed by atoms with Crippen molar-refractivity contribution in [3.05, 3.63) is 242 Å². The van der Waals surface area contributed by atoms with Gasteiger partial charge in [0.2, 0.25) is 11.6 Å². The number of benzene rings is 6. The maximum atomic E-state index is 12.5. The van der Waals surface area contributed by atoms with Gasteiger partial charge >= 0.3 is 18.3 Å². The van der Waals surface area contributed by atoms with Crippen molar-refractivity contribution in [2.24, 2.45) is 0 Å². The van der Waals surface area contributed by atoms with Gasteiger partial charge in [-0.15, -0.1) is 12.4 Å².